The minimum absolute atomic E-state index is 0.0885. The van der Waals surface area contributed by atoms with Crippen LogP contribution in [0.5, 0.6) is 0 Å². The molecule has 0 spiro atoms. The summed E-state index contributed by atoms with van der Waals surface area (Å²) < 4.78 is 0. The average molecular weight is 444 g/mol. The zero-order chi connectivity index (χ0) is 21.7. The number of hydrogen-bond donors (Lipinski definition) is 2. The molecular formula is C21H18ClN3O4S. The molecule has 0 saturated carbocycles. The van der Waals surface area contributed by atoms with Crippen LogP contribution in [-0.2, 0) is 9.59 Å². The Morgan fingerprint density at radius 1 is 1.10 bits per heavy atom. The van der Waals surface area contributed by atoms with E-state index in [1.165, 1.54) is 6.07 Å². The van der Waals surface area contributed by atoms with Gasteiger partial charge in [0.25, 0.3) is 17.1 Å². The molecule has 30 heavy (non-hydrogen) atoms. The first-order chi connectivity index (χ1) is 14.3. The number of nitrogens with one attached hydrogen (secondary N) is 2. The van der Waals surface area contributed by atoms with Crippen LogP contribution in [0.4, 0.5) is 4.79 Å². The summed E-state index contributed by atoms with van der Waals surface area (Å²) in [6.45, 7) is 1.87. The lowest BCUT2D eigenvalue weighted by Gasteiger charge is -2.12. The highest BCUT2D eigenvalue weighted by Crippen LogP contribution is 2.32. The zero-order valence-electron chi connectivity index (χ0n) is 16.0. The van der Waals surface area contributed by atoms with Gasteiger partial charge in [-0.15, -0.1) is 0 Å². The Morgan fingerprint density at radius 3 is 2.53 bits per heavy atom. The van der Waals surface area contributed by atoms with E-state index in [9.17, 15) is 19.2 Å². The molecular weight excluding hydrogens is 426 g/mol. The summed E-state index contributed by atoms with van der Waals surface area (Å²) >= 11 is 6.66. The highest BCUT2D eigenvalue weighted by molar-refractivity contribution is 8.18. The Balaban J connectivity index is 1.52. The fraction of sp³-hybridized carbons (Fsp3) is 0.143. The van der Waals surface area contributed by atoms with Crippen molar-refractivity contribution in [3.8, 4) is 0 Å². The quantitative estimate of drug-likeness (QED) is 0.544. The predicted molar refractivity (Wildman–Crippen MR) is 116 cm³/mol. The molecule has 2 N–H and O–H groups in total. The molecule has 4 amide bonds. The van der Waals surface area contributed by atoms with Crippen molar-refractivity contribution in [1.29, 1.82) is 0 Å². The number of amides is 4. The number of halogens is 1. The third-order valence-corrected chi connectivity index (χ3v) is 5.36. The van der Waals surface area contributed by atoms with E-state index in [0.717, 1.165) is 27.8 Å². The third-order valence-electron chi connectivity index (χ3n) is 4.21. The summed E-state index contributed by atoms with van der Waals surface area (Å²) in [6.07, 6.45) is 1.50. The van der Waals surface area contributed by atoms with Crippen LogP contribution in [0, 0.1) is 6.92 Å². The van der Waals surface area contributed by atoms with Gasteiger partial charge in [-0.25, -0.2) is 0 Å². The summed E-state index contributed by atoms with van der Waals surface area (Å²) in [5.41, 5.74) is 6.72. The van der Waals surface area contributed by atoms with Gasteiger partial charge < -0.3 is 0 Å². The summed E-state index contributed by atoms with van der Waals surface area (Å²) in [4.78, 5) is 49.9. The van der Waals surface area contributed by atoms with Crippen molar-refractivity contribution in [1.82, 2.24) is 15.8 Å². The minimum atomic E-state index is -0.535. The molecule has 3 rings (SSSR count). The van der Waals surface area contributed by atoms with Crippen molar-refractivity contribution in [3.63, 3.8) is 0 Å². The maximum Gasteiger partial charge on any atom is 0.293 e. The molecule has 2 aromatic rings. The summed E-state index contributed by atoms with van der Waals surface area (Å²) in [5.74, 6) is -1.51. The summed E-state index contributed by atoms with van der Waals surface area (Å²) in [5, 5.41) is -0.0406. The summed E-state index contributed by atoms with van der Waals surface area (Å²) in [7, 11) is 0. The van der Waals surface area contributed by atoms with Crippen LogP contribution >= 0.6 is 23.4 Å². The van der Waals surface area contributed by atoms with Gasteiger partial charge in [-0.2, -0.15) is 0 Å². The van der Waals surface area contributed by atoms with E-state index in [1.807, 2.05) is 31.2 Å². The third kappa shape index (κ3) is 5.49. The standard InChI is InChI=1S/C21H18ClN3O4S/c1-13-5-7-14(8-6-13)11-17-20(28)25(21(29)30-17)10-9-18(26)23-24-19(27)15-3-2-4-16(22)12-15/h2-8,11-12H,9-10H2,1H3,(H,23,26)(H,24,27)/b17-11+. The molecule has 154 valence electrons. The lowest BCUT2D eigenvalue weighted by atomic mass is 10.1. The largest absolute Gasteiger partial charge is 0.293 e. The number of rotatable bonds is 5. The molecule has 1 aliphatic heterocycles. The number of thioether (sulfide) groups is 1. The lowest BCUT2D eigenvalue weighted by molar-refractivity contribution is -0.124. The number of carbonyl (C=O) groups is 4. The Labute approximate surface area is 182 Å². The number of hydrazine groups is 1. The fourth-order valence-electron chi connectivity index (χ4n) is 2.61. The van der Waals surface area contributed by atoms with E-state index in [2.05, 4.69) is 10.9 Å². The molecule has 0 radical (unpaired) electrons. The zero-order valence-corrected chi connectivity index (χ0v) is 17.5. The second-order valence-corrected chi connectivity index (χ2v) is 7.94. The average Bonchev–Trinajstić information content (AvgIpc) is 2.99. The van der Waals surface area contributed by atoms with Crippen molar-refractivity contribution < 1.29 is 19.2 Å². The van der Waals surface area contributed by atoms with Crippen LogP contribution in [0.1, 0.15) is 27.9 Å². The smallest absolute Gasteiger partial charge is 0.273 e. The fourth-order valence-corrected chi connectivity index (χ4v) is 3.67. The molecule has 0 bridgehead atoms. The highest BCUT2D eigenvalue weighted by atomic mass is 35.5. The van der Waals surface area contributed by atoms with Gasteiger partial charge in [0.1, 0.15) is 0 Å². The highest BCUT2D eigenvalue weighted by Gasteiger charge is 2.35. The first kappa shape index (κ1) is 21.6. The molecule has 2 aromatic carbocycles. The molecule has 0 unspecified atom stereocenters. The van der Waals surface area contributed by atoms with E-state index < -0.39 is 23.0 Å². The molecule has 0 aliphatic carbocycles. The van der Waals surface area contributed by atoms with Gasteiger partial charge in [0, 0.05) is 23.6 Å². The van der Waals surface area contributed by atoms with Crippen LogP contribution in [0.3, 0.4) is 0 Å². The van der Waals surface area contributed by atoms with E-state index in [-0.39, 0.29) is 18.5 Å². The Kier molecular flexibility index (Phi) is 6.91. The molecule has 9 heteroatoms. The lowest BCUT2D eigenvalue weighted by Crippen LogP contribution is -2.43. The SMILES string of the molecule is Cc1ccc(/C=C2/SC(=O)N(CCC(=O)NNC(=O)c3cccc(Cl)c3)C2=O)cc1. The van der Waals surface area contributed by atoms with Crippen molar-refractivity contribution >= 4 is 52.4 Å². The number of aryl methyl sites for hydroxylation is 1. The van der Waals surface area contributed by atoms with E-state index in [0.29, 0.717) is 9.93 Å². The van der Waals surface area contributed by atoms with Crippen molar-refractivity contribution in [2.24, 2.45) is 0 Å². The van der Waals surface area contributed by atoms with Crippen molar-refractivity contribution in [2.75, 3.05) is 6.54 Å². The predicted octanol–water partition coefficient (Wildman–Crippen LogP) is 3.54. The maximum absolute atomic E-state index is 12.5. The van der Waals surface area contributed by atoms with E-state index >= 15 is 0 Å². The molecule has 1 heterocycles. The molecule has 0 aromatic heterocycles. The van der Waals surface area contributed by atoms with Crippen LogP contribution in [0.2, 0.25) is 5.02 Å². The molecule has 7 nitrogen and oxygen atoms in total. The molecule has 0 atom stereocenters. The second-order valence-electron chi connectivity index (χ2n) is 6.51. The normalized spacial score (nSPS) is 14.9. The van der Waals surface area contributed by atoms with Crippen LogP contribution in [-0.4, -0.2) is 34.4 Å². The van der Waals surface area contributed by atoms with Crippen molar-refractivity contribution in [3.05, 3.63) is 75.1 Å². The van der Waals surface area contributed by atoms with Crippen LogP contribution < -0.4 is 10.9 Å². The molecule has 1 aliphatic rings. The van der Waals surface area contributed by atoms with Gasteiger partial charge in [-0.05, 0) is 48.5 Å². The van der Waals surface area contributed by atoms with Gasteiger partial charge in [0.2, 0.25) is 5.91 Å². The van der Waals surface area contributed by atoms with Gasteiger partial charge in [0.05, 0.1) is 4.91 Å². The first-order valence-electron chi connectivity index (χ1n) is 9.00. The number of imide groups is 1. The van der Waals surface area contributed by atoms with Crippen LogP contribution in [0.15, 0.2) is 53.4 Å². The Morgan fingerprint density at radius 2 is 1.83 bits per heavy atom. The molecule has 1 fully saturated rings. The monoisotopic (exact) mass is 443 g/mol. The second kappa shape index (κ2) is 9.60. The van der Waals surface area contributed by atoms with Gasteiger partial charge in [0.15, 0.2) is 0 Å². The number of carbonyl (C=O) groups excluding carboxylic acids is 4. The summed E-state index contributed by atoms with van der Waals surface area (Å²) in [6, 6.07) is 13.8. The van der Waals surface area contributed by atoms with Gasteiger partial charge in [-0.3, -0.25) is 34.9 Å². The number of hydrogen-bond acceptors (Lipinski definition) is 5. The first-order valence-corrected chi connectivity index (χ1v) is 10.2. The maximum atomic E-state index is 12.5. The van der Waals surface area contributed by atoms with Crippen LogP contribution in [0.25, 0.3) is 6.08 Å². The van der Waals surface area contributed by atoms with E-state index in [1.54, 1.807) is 24.3 Å². The Bertz CT molecular complexity index is 1040. The number of nitrogens with zero attached hydrogens (tertiary/aromatic N) is 1. The van der Waals surface area contributed by atoms with E-state index in [4.69, 9.17) is 11.6 Å². The number of benzene rings is 2. The van der Waals surface area contributed by atoms with Gasteiger partial charge in [-0.1, -0.05) is 47.5 Å². The Hall–Kier alpha value is -3.10. The molecule has 1 saturated heterocycles. The van der Waals surface area contributed by atoms with Gasteiger partial charge >= 0.3 is 0 Å². The topological polar surface area (TPSA) is 95.6 Å². The van der Waals surface area contributed by atoms with Crippen molar-refractivity contribution in [2.45, 2.75) is 13.3 Å². The minimum Gasteiger partial charge on any atom is -0.273 e.